The van der Waals surface area contributed by atoms with E-state index in [1.807, 2.05) is 18.2 Å². The molecular formula is C18H20N2O2. The molecule has 0 saturated carbocycles. The fourth-order valence-electron chi connectivity index (χ4n) is 3.21. The van der Waals surface area contributed by atoms with Gasteiger partial charge in [0.25, 0.3) is 5.69 Å². The Morgan fingerprint density at radius 2 is 1.64 bits per heavy atom. The van der Waals surface area contributed by atoms with E-state index in [1.165, 1.54) is 5.56 Å². The van der Waals surface area contributed by atoms with Crippen LogP contribution < -0.4 is 4.90 Å². The zero-order valence-corrected chi connectivity index (χ0v) is 12.5. The van der Waals surface area contributed by atoms with E-state index in [4.69, 9.17) is 0 Å². The molecule has 1 heterocycles. The minimum atomic E-state index is -0.286. The lowest BCUT2D eigenvalue weighted by Gasteiger charge is -2.33. The molecule has 0 amide bonds. The minimum Gasteiger partial charge on any atom is -0.366 e. The van der Waals surface area contributed by atoms with Gasteiger partial charge in [0.1, 0.15) is 5.69 Å². The van der Waals surface area contributed by atoms with E-state index in [0.717, 1.165) is 38.0 Å². The Bertz CT molecular complexity index is 635. The van der Waals surface area contributed by atoms with E-state index in [9.17, 15) is 10.1 Å². The number of hydrogen-bond acceptors (Lipinski definition) is 3. The molecule has 22 heavy (non-hydrogen) atoms. The van der Waals surface area contributed by atoms with Crippen molar-refractivity contribution in [1.82, 2.24) is 0 Å². The summed E-state index contributed by atoms with van der Waals surface area (Å²) in [5.41, 5.74) is 2.35. The molecule has 0 aliphatic carbocycles. The van der Waals surface area contributed by atoms with Gasteiger partial charge in [-0.2, -0.15) is 0 Å². The molecule has 0 spiro atoms. The Kier molecular flexibility index (Phi) is 4.37. The Morgan fingerprint density at radius 3 is 2.32 bits per heavy atom. The quantitative estimate of drug-likeness (QED) is 0.631. The molecule has 1 saturated heterocycles. The maximum Gasteiger partial charge on any atom is 0.292 e. The van der Waals surface area contributed by atoms with Crippen LogP contribution in [0.1, 0.15) is 18.4 Å². The number of piperidine rings is 1. The van der Waals surface area contributed by atoms with Gasteiger partial charge < -0.3 is 4.90 Å². The topological polar surface area (TPSA) is 46.4 Å². The summed E-state index contributed by atoms with van der Waals surface area (Å²) in [5, 5.41) is 11.1. The van der Waals surface area contributed by atoms with Crippen LogP contribution in [0.2, 0.25) is 0 Å². The van der Waals surface area contributed by atoms with E-state index in [1.54, 1.807) is 12.1 Å². The summed E-state index contributed by atoms with van der Waals surface area (Å²) < 4.78 is 0. The molecule has 1 aliphatic heterocycles. The first-order valence-corrected chi connectivity index (χ1v) is 7.76. The summed E-state index contributed by atoms with van der Waals surface area (Å²) in [5.74, 6) is 0.668. The van der Waals surface area contributed by atoms with Crippen LogP contribution in [-0.4, -0.2) is 18.0 Å². The van der Waals surface area contributed by atoms with Gasteiger partial charge in [0, 0.05) is 19.2 Å². The normalized spacial score (nSPS) is 15.7. The number of rotatable bonds is 4. The Balaban J connectivity index is 1.64. The van der Waals surface area contributed by atoms with Gasteiger partial charge >= 0.3 is 0 Å². The second kappa shape index (κ2) is 6.60. The van der Waals surface area contributed by atoms with Crippen molar-refractivity contribution in [3.8, 4) is 0 Å². The van der Waals surface area contributed by atoms with Crippen LogP contribution in [0.5, 0.6) is 0 Å². The van der Waals surface area contributed by atoms with Crippen molar-refractivity contribution in [2.45, 2.75) is 19.3 Å². The van der Waals surface area contributed by atoms with E-state index in [-0.39, 0.29) is 10.6 Å². The molecule has 0 aromatic heterocycles. The van der Waals surface area contributed by atoms with Crippen molar-refractivity contribution >= 4 is 11.4 Å². The third-order valence-corrected chi connectivity index (χ3v) is 4.40. The van der Waals surface area contributed by atoms with Crippen molar-refractivity contribution in [3.63, 3.8) is 0 Å². The van der Waals surface area contributed by atoms with Gasteiger partial charge in [-0.3, -0.25) is 10.1 Å². The van der Waals surface area contributed by atoms with E-state index >= 15 is 0 Å². The summed E-state index contributed by atoms with van der Waals surface area (Å²) in [7, 11) is 0. The van der Waals surface area contributed by atoms with Crippen LogP contribution in [-0.2, 0) is 6.42 Å². The Hall–Kier alpha value is -2.36. The maximum absolute atomic E-state index is 11.1. The Morgan fingerprint density at radius 1 is 1.00 bits per heavy atom. The van der Waals surface area contributed by atoms with Crippen LogP contribution >= 0.6 is 0 Å². The molecule has 2 aromatic rings. The lowest BCUT2D eigenvalue weighted by Crippen LogP contribution is -2.34. The zero-order valence-electron chi connectivity index (χ0n) is 12.5. The number of nitro benzene ring substituents is 1. The first-order chi connectivity index (χ1) is 10.7. The predicted octanol–water partition coefficient (Wildman–Crippen LogP) is 4.05. The molecule has 4 nitrogen and oxygen atoms in total. The first-order valence-electron chi connectivity index (χ1n) is 7.76. The number of benzene rings is 2. The number of anilines is 1. The summed E-state index contributed by atoms with van der Waals surface area (Å²) in [4.78, 5) is 13.0. The standard InChI is InChI=1S/C18H20N2O2/c21-20(22)18-9-5-4-8-17(18)19-12-10-16(11-13-19)14-15-6-2-1-3-7-15/h1-9,16H,10-14H2. The monoisotopic (exact) mass is 296 g/mol. The van der Waals surface area contributed by atoms with Crippen LogP contribution in [0.15, 0.2) is 54.6 Å². The average molecular weight is 296 g/mol. The molecule has 3 rings (SSSR count). The molecule has 114 valence electrons. The number of nitrogens with zero attached hydrogens (tertiary/aromatic N) is 2. The van der Waals surface area contributed by atoms with E-state index in [0.29, 0.717) is 5.92 Å². The van der Waals surface area contributed by atoms with Gasteiger partial charge in [0.2, 0.25) is 0 Å². The van der Waals surface area contributed by atoms with Crippen molar-refractivity contribution in [2.75, 3.05) is 18.0 Å². The molecule has 0 radical (unpaired) electrons. The summed E-state index contributed by atoms with van der Waals surface area (Å²) in [6, 6.07) is 17.6. The van der Waals surface area contributed by atoms with Crippen molar-refractivity contribution in [2.24, 2.45) is 5.92 Å². The molecule has 2 aromatic carbocycles. The summed E-state index contributed by atoms with van der Waals surface area (Å²) in [6.07, 6.45) is 3.27. The SMILES string of the molecule is O=[N+]([O-])c1ccccc1N1CCC(Cc2ccccc2)CC1. The zero-order chi connectivity index (χ0) is 15.4. The van der Waals surface area contributed by atoms with Crippen LogP contribution in [0.4, 0.5) is 11.4 Å². The lowest BCUT2D eigenvalue weighted by atomic mass is 9.90. The van der Waals surface area contributed by atoms with Crippen LogP contribution in [0, 0.1) is 16.0 Å². The van der Waals surface area contributed by atoms with Crippen molar-refractivity contribution < 1.29 is 4.92 Å². The largest absolute Gasteiger partial charge is 0.366 e. The molecule has 1 aliphatic rings. The van der Waals surface area contributed by atoms with E-state index in [2.05, 4.69) is 29.2 Å². The third kappa shape index (κ3) is 3.27. The first kappa shape index (κ1) is 14.6. The number of nitro groups is 1. The second-order valence-corrected chi connectivity index (χ2v) is 5.87. The fourth-order valence-corrected chi connectivity index (χ4v) is 3.21. The highest BCUT2D eigenvalue weighted by atomic mass is 16.6. The number of hydrogen-bond donors (Lipinski definition) is 0. The van der Waals surface area contributed by atoms with Gasteiger partial charge in [-0.25, -0.2) is 0 Å². The summed E-state index contributed by atoms with van der Waals surface area (Å²) in [6.45, 7) is 1.78. The van der Waals surface area contributed by atoms with Gasteiger partial charge in [0.15, 0.2) is 0 Å². The van der Waals surface area contributed by atoms with E-state index < -0.39 is 0 Å². The third-order valence-electron chi connectivity index (χ3n) is 4.40. The second-order valence-electron chi connectivity index (χ2n) is 5.87. The van der Waals surface area contributed by atoms with Gasteiger partial charge in [-0.15, -0.1) is 0 Å². The summed E-state index contributed by atoms with van der Waals surface area (Å²) >= 11 is 0. The molecule has 4 heteroatoms. The molecular weight excluding hydrogens is 276 g/mol. The van der Waals surface area contributed by atoms with Gasteiger partial charge in [-0.1, -0.05) is 42.5 Å². The highest BCUT2D eigenvalue weighted by Gasteiger charge is 2.24. The highest BCUT2D eigenvalue weighted by molar-refractivity contribution is 5.63. The molecule has 0 bridgehead atoms. The average Bonchev–Trinajstić information content (AvgIpc) is 2.56. The van der Waals surface area contributed by atoms with Gasteiger partial charge in [0.05, 0.1) is 4.92 Å². The smallest absolute Gasteiger partial charge is 0.292 e. The minimum absolute atomic E-state index is 0.212. The number of para-hydroxylation sites is 2. The predicted molar refractivity (Wildman–Crippen MR) is 88.2 cm³/mol. The van der Waals surface area contributed by atoms with Crippen molar-refractivity contribution in [1.29, 1.82) is 0 Å². The Labute approximate surface area is 130 Å². The van der Waals surface area contributed by atoms with Crippen molar-refractivity contribution in [3.05, 3.63) is 70.3 Å². The van der Waals surface area contributed by atoms with Crippen LogP contribution in [0.25, 0.3) is 0 Å². The van der Waals surface area contributed by atoms with Gasteiger partial charge in [-0.05, 0) is 36.8 Å². The molecule has 0 N–H and O–H groups in total. The lowest BCUT2D eigenvalue weighted by molar-refractivity contribution is -0.384. The molecule has 1 fully saturated rings. The fraction of sp³-hybridized carbons (Fsp3) is 0.333. The molecule has 0 atom stereocenters. The van der Waals surface area contributed by atoms with Crippen LogP contribution in [0.3, 0.4) is 0 Å². The highest BCUT2D eigenvalue weighted by Crippen LogP contribution is 2.31. The maximum atomic E-state index is 11.1. The molecule has 0 unspecified atom stereocenters.